The molecule has 1 aliphatic rings. The van der Waals surface area contributed by atoms with Crippen molar-refractivity contribution < 1.29 is 19.1 Å². The van der Waals surface area contributed by atoms with Gasteiger partial charge in [-0.2, -0.15) is 0 Å². The Morgan fingerprint density at radius 1 is 1.19 bits per heavy atom. The third-order valence-corrected chi connectivity index (χ3v) is 5.29. The van der Waals surface area contributed by atoms with Crippen LogP contribution in [0.15, 0.2) is 42.5 Å². The maximum Gasteiger partial charge on any atom is 0.325 e. The van der Waals surface area contributed by atoms with Crippen molar-refractivity contribution >= 4 is 35.1 Å². The zero-order chi connectivity index (χ0) is 22.8. The molecule has 3 rings (SSSR count). The number of nitrogens with one attached hydrogen (secondary N) is 2. The van der Waals surface area contributed by atoms with Crippen molar-refractivity contribution in [1.82, 2.24) is 10.2 Å². The second-order valence-corrected chi connectivity index (χ2v) is 8.62. The van der Waals surface area contributed by atoms with Gasteiger partial charge in [0.2, 0.25) is 5.91 Å². The van der Waals surface area contributed by atoms with Gasteiger partial charge < -0.3 is 15.4 Å². The molecule has 1 atom stereocenters. The lowest BCUT2D eigenvalue weighted by Gasteiger charge is -2.22. The van der Waals surface area contributed by atoms with Crippen LogP contribution in [0, 0.1) is 12.8 Å². The Morgan fingerprint density at radius 2 is 1.87 bits per heavy atom. The number of ether oxygens (including phenoxy) is 1. The van der Waals surface area contributed by atoms with Crippen LogP contribution in [0.2, 0.25) is 5.02 Å². The first kappa shape index (κ1) is 22.6. The van der Waals surface area contributed by atoms with Gasteiger partial charge in [-0.1, -0.05) is 55.3 Å². The molecule has 0 saturated carbocycles. The molecule has 0 spiro atoms. The Bertz CT molecular complexity index is 1010. The van der Waals surface area contributed by atoms with Gasteiger partial charge in [0, 0.05) is 5.69 Å². The normalized spacial score (nSPS) is 18.3. The first-order valence-corrected chi connectivity index (χ1v) is 10.4. The van der Waals surface area contributed by atoms with Gasteiger partial charge in [-0.15, -0.1) is 0 Å². The minimum atomic E-state index is -1.22. The van der Waals surface area contributed by atoms with E-state index in [2.05, 4.69) is 10.6 Å². The summed E-state index contributed by atoms with van der Waals surface area (Å²) in [5, 5.41) is 5.72. The number of rotatable bonds is 7. The smallest absolute Gasteiger partial charge is 0.325 e. The molecule has 7 nitrogen and oxygen atoms in total. The van der Waals surface area contributed by atoms with Crippen LogP contribution < -0.4 is 15.4 Å². The first-order chi connectivity index (χ1) is 14.6. The Balaban J connectivity index is 1.66. The standard InChI is InChI=1S/C23H26ClN3O4/c1-14(2)13-31-19-10-9-17(11-18(19)24)25-20(28)12-27-21(29)23(4,26-22(27)30)16-7-5-15(3)6-8-16/h5-11,14H,12-13H2,1-4H3,(H,25,28)(H,26,30). The van der Waals surface area contributed by atoms with E-state index in [-0.39, 0.29) is 0 Å². The molecule has 1 saturated heterocycles. The third kappa shape index (κ3) is 4.99. The molecule has 4 amide bonds. The number of amides is 4. The van der Waals surface area contributed by atoms with Crippen molar-refractivity contribution in [3.05, 3.63) is 58.6 Å². The molecule has 164 valence electrons. The van der Waals surface area contributed by atoms with Gasteiger partial charge >= 0.3 is 6.03 Å². The first-order valence-electron chi connectivity index (χ1n) is 10.0. The van der Waals surface area contributed by atoms with E-state index in [4.69, 9.17) is 16.3 Å². The highest BCUT2D eigenvalue weighted by molar-refractivity contribution is 6.32. The lowest BCUT2D eigenvalue weighted by molar-refractivity contribution is -0.133. The van der Waals surface area contributed by atoms with Gasteiger partial charge in [-0.05, 0) is 43.5 Å². The average Bonchev–Trinajstić information content (AvgIpc) is 2.91. The molecule has 0 aromatic heterocycles. The highest BCUT2D eigenvalue weighted by Crippen LogP contribution is 2.30. The predicted molar refractivity (Wildman–Crippen MR) is 119 cm³/mol. The van der Waals surface area contributed by atoms with Crippen LogP contribution in [0.1, 0.15) is 31.9 Å². The number of hydrogen-bond donors (Lipinski definition) is 2. The van der Waals surface area contributed by atoms with Crippen molar-refractivity contribution in [2.24, 2.45) is 5.92 Å². The summed E-state index contributed by atoms with van der Waals surface area (Å²) in [6.07, 6.45) is 0. The van der Waals surface area contributed by atoms with E-state index >= 15 is 0 Å². The molecule has 2 N–H and O–H groups in total. The van der Waals surface area contributed by atoms with Crippen LogP contribution in [0.5, 0.6) is 5.75 Å². The van der Waals surface area contributed by atoms with E-state index in [1.54, 1.807) is 37.3 Å². The van der Waals surface area contributed by atoms with Crippen LogP contribution in [-0.2, 0) is 15.1 Å². The molecule has 0 aliphatic carbocycles. The summed E-state index contributed by atoms with van der Waals surface area (Å²) in [5.41, 5.74) is 0.923. The van der Waals surface area contributed by atoms with Gasteiger partial charge in [0.15, 0.2) is 0 Å². The molecule has 1 unspecified atom stereocenters. The molecule has 1 aliphatic heterocycles. The topological polar surface area (TPSA) is 87.7 Å². The molecule has 1 heterocycles. The monoisotopic (exact) mass is 443 g/mol. The number of halogens is 1. The quantitative estimate of drug-likeness (QED) is 0.631. The minimum absolute atomic E-state index is 0.352. The third-order valence-electron chi connectivity index (χ3n) is 4.99. The van der Waals surface area contributed by atoms with Crippen LogP contribution in [0.3, 0.4) is 0 Å². The van der Waals surface area contributed by atoms with E-state index in [9.17, 15) is 14.4 Å². The summed E-state index contributed by atoms with van der Waals surface area (Å²) < 4.78 is 5.62. The summed E-state index contributed by atoms with van der Waals surface area (Å²) in [5.74, 6) is -0.114. The summed E-state index contributed by atoms with van der Waals surface area (Å²) in [4.78, 5) is 38.8. The SMILES string of the molecule is Cc1ccc(C2(C)NC(=O)N(CC(=O)Nc3ccc(OCC(C)C)c(Cl)c3)C2=O)cc1. The van der Waals surface area contributed by atoms with E-state index in [0.29, 0.717) is 34.5 Å². The second-order valence-electron chi connectivity index (χ2n) is 8.21. The number of carbonyl (C=O) groups excluding carboxylic acids is 3. The Kier molecular flexibility index (Phi) is 6.55. The number of hydrogen-bond acceptors (Lipinski definition) is 4. The molecule has 1 fully saturated rings. The van der Waals surface area contributed by atoms with Crippen molar-refractivity contribution in [2.45, 2.75) is 33.2 Å². The molecule has 31 heavy (non-hydrogen) atoms. The number of urea groups is 1. The Labute approximate surface area is 186 Å². The lowest BCUT2D eigenvalue weighted by atomic mass is 9.91. The van der Waals surface area contributed by atoms with Gasteiger partial charge in [0.05, 0.1) is 11.6 Å². The van der Waals surface area contributed by atoms with Gasteiger partial charge in [-0.3, -0.25) is 14.5 Å². The summed E-state index contributed by atoms with van der Waals surface area (Å²) in [7, 11) is 0. The fourth-order valence-corrected chi connectivity index (χ4v) is 3.45. The number of anilines is 1. The highest BCUT2D eigenvalue weighted by Gasteiger charge is 2.49. The van der Waals surface area contributed by atoms with Crippen molar-refractivity contribution in [2.75, 3.05) is 18.5 Å². The summed E-state index contributed by atoms with van der Waals surface area (Å²) in [6.45, 7) is 7.75. The second kappa shape index (κ2) is 8.98. The van der Waals surface area contributed by atoms with Crippen molar-refractivity contribution in [1.29, 1.82) is 0 Å². The van der Waals surface area contributed by atoms with Crippen molar-refractivity contribution in [3.63, 3.8) is 0 Å². The van der Waals surface area contributed by atoms with Gasteiger partial charge in [0.1, 0.15) is 17.8 Å². The van der Waals surface area contributed by atoms with Crippen molar-refractivity contribution in [3.8, 4) is 5.75 Å². The molecule has 2 aromatic carbocycles. The number of imide groups is 1. The van der Waals surface area contributed by atoms with Gasteiger partial charge in [-0.25, -0.2) is 4.79 Å². The number of nitrogens with zero attached hydrogens (tertiary/aromatic N) is 1. The maximum absolute atomic E-state index is 13.0. The van der Waals surface area contributed by atoms with Crippen LogP contribution in [-0.4, -0.2) is 35.9 Å². The number of aryl methyl sites for hydroxylation is 1. The zero-order valence-corrected chi connectivity index (χ0v) is 18.7. The number of carbonyl (C=O) groups is 3. The molecule has 0 radical (unpaired) electrons. The fraction of sp³-hybridized carbons (Fsp3) is 0.348. The van der Waals surface area contributed by atoms with E-state index in [1.165, 1.54) is 0 Å². The van der Waals surface area contributed by atoms with E-state index in [0.717, 1.165) is 10.5 Å². The largest absolute Gasteiger partial charge is 0.492 e. The molecule has 0 bridgehead atoms. The van der Waals surface area contributed by atoms with Crippen LogP contribution in [0.25, 0.3) is 0 Å². The molecule has 8 heteroatoms. The predicted octanol–water partition coefficient (Wildman–Crippen LogP) is 4.09. The van der Waals surface area contributed by atoms with Gasteiger partial charge in [0.25, 0.3) is 5.91 Å². The highest BCUT2D eigenvalue weighted by atomic mass is 35.5. The molecular weight excluding hydrogens is 418 g/mol. The fourth-order valence-electron chi connectivity index (χ4n) is 3.22. The van der Waals surface area contributed by atoms with E-state index < -0.39 is 29.9 Å². The van der Waals surface area contributed by atoms with Crippen LogP contribution >= 0.6 is 11.6 Å². The Hall–Kier alpha value is -3.06. The average molecular weight is 444 g/mol. The van der Waals surface area contributed by atoms with E-state index in [1.807, 2.05) is 32.9 Å². The summed E-state index contributed by atoms with van der Waals surface area (Å²) in [6, 6.07) is 11.6. The molecular formula is C23H26ClN3O4. The number of benzene rings is 2. The minimum Gasteiger partial charge on any atom is -0.492 e. The molecule has 2 aromatic rings. The van der Waals surface area contributed by atoms with Crippen LogP contribution in [0.4, 0.5) is 10.5 Å². The zero-order valence-electron chi connectivity index (χ0n) is 18.0. The Morgan fingerprint density at radius 3 is 2.48 bits per heavy atom. The summed E-state index contributed by atoms with van der Waals surface area (Å²) >= 11 is 6.22. The maximum atomic E-state index is 13.0. The lowest BCUT2D eigenvalue weighted by Crippen LogP contribution is -2.42.